The van der Waals surface area contributed by atoms with Gasteiger partial charge in [-0.15, -0.1) is 0 Å². The summed E-state index contributed by atoms with van der Waals surface area (Å²) in [4.78, 5) is 12.7. The molecule has 0 amide bonds. The van der Waals surface area contributed by atoms with Crippen LogP contribution >= 0.6 is 11.8 Å². The number of rotatable bonds is 2. The molecule has 0 radical (unpaired) electrons. The van der Waals surface area contributed by atoms with Gasteiger partial charge >= 0.3 is 5.97 Å². The van der Waals surface area contributed by atoms with E-state index in [1.54, 1.807) is 11.8 Å². The van der Waals surface area contributed by atoms with Crippen LogP contribution in [0, 0.1) is 5.92 Å². The first-order valence-electron chi connectivity index (χ1n) is 3.60. The first kappa shape index (κ1) is 8.87. The van der Waals surface area contributed by atoms with Gasteiger partial charge in [0.15, 0.2) is 0 Å². The van der Waals surface area contributed by atoms with Crippen molar-refractivity contribution in [1.29, 1.82) is 0 Å². The van der Waals surface area contributed by atoms with E-state index in [9.17, 15) is 4.79 Å². The number of hydrogen-bond donors (Lipinski definition) is 1. The molecule has 0 aromatic heterocycles. The van der Waals surface area contributed by atoms with Gasteiger partial charge in [-0.2, -0.15) is 11.8 Å². The van der Waals surface area contributed by atoms with Crippen LogP contribution < -0.4 is 0 Å². The zero-order valence-corrected chi connectivity index (χ0v) is 7.60. The van der Waals surface area contributed by atoms with Crippen LogP contribution in [0.1, 0.15) is 0 Å². The van der Waals surface area contributed by atoms with Crippen LogP contribution in [0.2, 0.25) is 0 Å². The van der Waals surface area contributed by atoms with Crippen molar-refractivity contribution in [2.45, 2.75) is 6.04 Å². The van der Waals surface area contributed by atoms with Crippen molar-refractivity contribution >= 4 is 17.7 Å². The molecule has 0 bridgehead atoms. The molecule has 1 rings (SSSR count). The first-order valence-corrected chi connectivity index (χ1v) is 4.75. The summed E-state index contributed by atoms with van der Waals surface area (Å²) >= 11 is 1.72. The van der Waals surface area contributed by atoms with E-state index in [0.29, 0.717) is 0 Å². The Kier molecular flexibility index (Phi) is 2.78. The van der Waals surface area contributed by atoms with Crippen molar-refractivity contribution in [3.8, 4) is 0 Å². The minimum Gasteiger partial charge on any atom is -0.481 e. The van der Waals surface area contributed by atoms with Crippen LogP contribution in [0.3, 0.4) is 0 Å². The standard InChI is InChI=1S/C7H13NO2S/c1-8(2)6-4-11-3-5(6)7(9)10/h5-6H,3-4H2,1-2H3,(H,9,10). The van der Waals surface area contributed by atoms with E-state index in [4.69, 9.17) is 5.11 Å². The molecule has 64 valence electrons. The van der Waals surface area contributed by atoms with Crippen molar-refractivity contribution in [1.82, 2.24) is 4.90 Å². The molecule has 0 saturated carbocycles. The Hall–Kier alpha value is -0.220. The average molecular weight is 175 g/mol. The van der Waals surface area contributed by atoms with Crippen LogP contribution in [0.25, 0.3) is 0 Å². The van der Waals surface area contributed by atoms with E-state index < -0.39 is 5.97 Å². The summed E-state index contributed by atoms with van der Waals surface area (Å²) in [7, 11) is 3.87. The van der Waals surface area contributed by atoms with Gasteiger partial charge in [-0.3, -0.25) is 4.79 Å². The Labute approximate surface area is 70.8 Å². The monoisotopic (exact) mass is 175 g/mol. The second-order valence-electron chi connectivity index (χ2n) is 3.01. The zero-order valence-electron chi connectivity index (χ0n) is 6.78. The molecule has 0 aromatic rings. The van der Waals surface area contributed by atoms with Gasteiger partial charge in [-0.1, -0.05) is 0 Å². The summed E-state index contributed by atoms with van der Waals surface area (Å²) in [5.41, 5.74) is 0. The van der Waals surface area contributed by atoms with E-state index in [1.807, 2.05) is 19.0 Å². The minimum absolute atomic E-state index is 0.171. The lowest BCUT2D eigenvalue weighted by molar-refractivity contribution is -0.142. The number of thioether (sulfide) groups is 1. The topological polar surface area (TPSA) is 40.5 Å². The summed E-state index contributed by atoms with van der Waals surface area (Å²) in [5, 5.41) is 8.79. The predicted octanol–water partition coefficient (Wildman–Crippen LogP) is 0.364. The van der Waals surface area contributed by atoms with Crippen molar-refractivity contribution in [3.05, 3.63) is 0 Å². The predicted molar refractivity (Wildman–Crippen MR) is 45.9 cm³/mol. The highest BCUT2D eigenvalue weighted by atomic mass is 32.2. The number of carboxylic acids is 1. The van der Waals surface area contributed by atoms with Crippen molar-refractivity contribution in [2.75, 3.05) is 25.6 Å². The lowest BCUT2D eigenvalue weighted by atomic mass is 10.0. The molecule has 1 aliphatic rings. The number of aliphatic carboxylic acids is 1. The molecule has 1 N–H and O–H groups in total. The minimum atomic E-state index is -0.659. The Morgan fingerprint density at radius 3 is 2.55 bits per heavy atom. The van der Waals surface area contributed by atoms with Crippen LogP contribution in [0.4, 0.5) is 0 Å². The molecule has 4 heteroatoms. The molecule has 0 spiro atoms. The molecule has 2 atom stereocenters. The molecular formula is C7H13NO2S. The molecule has 0 aromatic carbocycles. The molecule has 1 heterocycles. The molecule has 11 heavy (non-hydrogen) atoms. The molecule has 1 fully saturated rings. The van der Waals surface area contributed by atoms with Crippen molar-refractivity contribution in [2.24, 2.45) is 5.92 Å². The molecule has 1 saturated heterocycles. The fraction of sp³-hybridized carbons (Fsp3) is 0.857. The van der Waals surface area contributed by atoms with E-state index in [1.165, 1.54) is 0 Å². The highest BCUT2D eigenvalue weighted by molar-refractivity contribution is 7.99. The van der Waals surface area contributed by atoms with Crippen LogP contribution in [0.15, 0.2) is 0 Å². The number of carboxylic acid groups (broad SMARTS) is 1. The maximum atomic E-state index is 10.7. The van der Waals surface area contributed by atoms with E-state index >= 15 is 0 Å². The van der Waals surface area contributed by atoms with Gasteiger partial charge in [-0.05, 0) is 14.1 Å². The summed E-state index contributed by atoms with van der Waals surface area (Å²) in [6.07, 6.45) is 0. The largest absolute Gasteiger partial charge is 0.481 e. The maximum absolute atomic E-state index is 10.7. The highest BCUT2D eigenvalue weighted by Gasteiger charge is 2.34. The lowest BCUT2D eigenvalue weighted by Crippen LogP contribution is -2.38. The maximum Gasteiger partial charge on any atom is 0.308 e. The summed E-state index contributed by atoms with van der Waals surface area (Å²) in [6, 6.07) is 0.220. The number of carbonyl (C=O) groups is 1. The number of nitrogens with zero attached hydrogens (tertiary/aromatic N) is 1. The average Bonchev–Trinajstić information content (AvgIpc) is 2.32. The van der Waals surface area contributed by atoms with Crippen molar-refractivity contribution < 1.29 is 9.90 Å². The summed E-state index contributed by atoms with van der Waals surface area (Å²) in [6.45, 7) is 0. The van der Waals surface area contributed by atoms with Gasteiger partial charge in [0.25, 0.3) is 0 Å². The van der Waals surface area contributed by atoms with Crippen molar-refractivity contribution in [3.63, 3.8) is 0 Å². The molecule has 2 unspecified atom stereocenters. The third-order valence-corrected chi connectivity index (χ3v) is 3.20. The molecule has 0 aliphatic carbocycles. The fourth-order valence-electron chi connectivity index (χ4n) is 1.29. The van der Waals surface area contributed by atoms with Gasteiger partial charge < -0.3 is 10.0 Å². The third-order valence-electron chi connectivity index (χ3n) is 2.03. The van der Waals surface area contributed by atoms with Crippen LogP contribution in [0.5, 0.6) is 0 Å². The Bertz CT molecular complexity index is 161. The Morgan fingerprint density at radius 1 is 1.55 bits per heavy atom. The van der Waals surface area contributed by atoms with E-state index in [0.717, 1.165) is 11.5 Å². The molecule has 3 nitrogen and oxygen atoms in total. The summed E-state index contributed by atoms with van der Waals surface area (Å²) in [5.74, 6) is 0.881. The highest BCUT2D eigenvalue weighted by Crippen LogP contribution is 2.26. The van der Waals surface area contributed by atoms with E-state index in [2.05, 4.69) is 0 Å². The molecule has 1 aliphatic heterocycles. The van der Waals surface area contributed by atoms with Gasteiger partial charge in [0, 0.05) is 17.5 Å². The zero-order chi connectivity index (χ0) is 8.43. The van der Waals surface area contributed by atoms with Gasteiger partial charge in [0.2, 0.25) is 0 Å². The second kappa shape index (κ2) is 3.45. The number of hydrogen-bond acceptors (Lipinski definition) is 3. The second-order valence-corrected chi connectivity index (χ2v) is 4.09. The third kappa shape index (κ3) is 1.87. The van der Waals surface area contributed by atoms with Gasteiger partial charge in [0.05, 0.1) is 5.92 Å². The van der Waals surface area contributed by atoms with Crippen LogP contribution in [-0.2, 0) is 4.79 Å². The lowest BCUT2D eigenvalue weighted by Gasteiger charge is -2.22. The van der Waals surface area contributed by atoms with E-state index in [-0.39, 0.29) is 12.0 Å². The Morgan fingerprint density at radius 2 is 2.18 bits per heavy atom. The van der Waals surface area contributed by atoms with Gasteiger partial charge in [0.1, 0.15) is 0 Å². The normalized spacial score (nSPS) is 31.2. The first-order chi connectivity index (χ1) is 5.13. The quantitative estimate of drug-likeness (QED) is 0.658. The van der Waals surface area contributed by atoms with Gasteiger partial charge in [-0.25, -0.2) is 0 Å². The fourth-order valence-corrected chi connectivity index (χ4v) is 2.81. The smallest absolute Gasteiger partial charge is 0.308 e. The molecular weight excluding hydrogens is 162 g/mol. The Balaban J connectivity index is 2.58. The van der Waals surface area contributed by atoms with Crippen LogP contribution in [-0.4, -0.2) is 47.6 Å². The SMILES string of the molecule is CN(C)C1CSCC1C(=O)O. The summed E-state index contributed by atoms with van der Waals surface area (Å²) < 4.78 is 0.